The molecule has 0 atom stereocenters. The largest absolute Gasteiger partial charge is 0.277 e. The summed E-state index contributed by atoms with van der Waals surface area (Å²) in [6.07, 6.45) is 6.16. The maximum absolute atomic E-state index is 12.3. The first-order chi connectivity index (χ1) is 17.4. The Bertz CT molecular complexity index is 1610. The summed E-state index contributed by atoms with van der Waals surface area (Å²) in [6.45, 7) is 0. The molecule has 0 N–H and O–H groups in total. The van der Waals surface area contributed by atoms with Crippen molar-refractivity contribution in [2.45, 2.75) is 8.42 Å². The van der Waals surface area contributed by atoms with Gasteiger partial charge in [0.05, 0.1) is 0 Å². The molecule has 184 valence electrons. The lowest BCUT2D eigenvalue weighted by Gasteiger charge is -2.01. The maximum atomic E-state index is 12.3. The third-order valence-electron chi connectivity index (χ3n) is 4.99. The molecule has 0 spiro atoms. The van der Waals surface area contributed by atoms with E-state index in [0.717, 1.165) is 20.9 Å². The Morgan fingerprint density at radius 1 is 0.528 bits per heavy atom. The van der Waals surface area contributed by atoms with Crippen LogP contribution in [0.2, 0.25) is 0 Å². The van der Waals surface area contributed by atoms with Crippen LogP contribution >= 0.6 is 45.3 Å². The van der Waals surface area contributed by atoms with Crippen LogP contribution in [-0.4, -0.2) is 24.8 Å². The van der Waals surface area contributed by atoms with E-state index in [1.807, 2.05) is 45.8 Å². The predicted octanol–water partition coefficient (Wildman–Crippen LogP) is 7.03. The van der Waals surface area contributed by atoms with Crippen molar-refractivity contribution in [2.75, 3.05) is 0 Å². The highest BCUT2D eigenvalue weighted by atomic mass is 32.3. The number of rotatable bonds is 6. The van der Waals surface area contributed by atoms with Gasteiger partial charge in [0.15, 0.2) is 0 Å². The second-order valence-corrected chi connectivity index (χ2v) is 15.2. The van der Waals surface area contributed by atoms with Gasteiger partial charge >= 0.3 is 0 Å². The normalized spacial score (nSPS) is 11.8. The molecule has 0 radical (unpaired) electrons. The third kappa shape index (κ3) is 5.05. The van der Waals surface area contributed by atoms with Crippen LogP contribution in [0.25, 0.3) is 20.9 Å². The molecule has 6 aromatic heterocycles. The summed E-state index contributed by atoms with van der Waals surface area (Å²) >= 11 is 5.79. The van der Waals surface area contributed by atoms with Crippen molar-refractivity contribution in [1.82, 2.24) is 7.94 Å². The van der Waals surface area contributed by atoms with Crippen LogP contribution in [0.5, 0.6) is 0 Å². The van der Waals surface area contributed by atoms with Gasteiger partial charge in [0.2, 0.25) is 0 Å². The van der Waals surface area contributed by atoms with Gasteiger partial charge in [-0.25, -0.2) is 7.94 Å². The van der Waals surface area contributed by atoms with Gasteiger partial charge in [0.1, 0.15) is 8.42 Å². The number of nitrogens with zero attached hydrogens (tertiary/aromatic N) is 2. The summed E-state index contributed by atoms with van der Waals surface area (Å²) in [4.78, 5) is 1.95. The number of hydrogen-bond donors (Lipinski definition) is 0. The van der Waals surface area contributed by atoms with Gasteiger partial charge in [0, 0.05) is 45.7 Å². The van der Waals surface area contributed by atoms with Gasteiger partial charge in [-0.05, 0) is 82.2 Å². The Morgan fingerprint density at radius 2 is 0.917 bits per heavy atom. The van der Waals surface area contributed by atoms with Crippen molar-refractivity contribution in [3.8, 4) is 20.9 Å². The van der Waals surface area contributed by atoms with Gasteiger partial charge in [-0.3, -0.25) is 0 Å². The van der Waals surface area contributed by atoms with E-state index < -0.39 is 20.0 Å². The van der Waals surface area contributed by atoms with Crippen LogP contribution in [0.3, 0.4) is 0 Å². The first-order valence-corrected chi connectivity index (χ1v) is 16.8. The van der Waals surface area contributed by atoms with Gasteiger partial charge < -0.3 is 0 Å². The second kappa shape index (κ2) is 10.3. The zero-order valence-electron chi connectivity index (χ0n) is 18.4. The van der Waals surface area contributed by atoms with E-state index in [0.29, 0.717) is 8.42 Å². The number of aromatic nitrogens is 2. The number of thiophene rings is 4. The highest BCUT2D eigenvalue weighted by Crippen LogP contribution is 2.34. The first kappa shape index (κ1) is 24.9. The lowest BCUT2D eigenvalue weighted by atomic mass is 10.3. The molecule has 6 aromatic rings. The van der Waals surface area contributed by atoms with Crippen LogP contribution in [0.4, 0.5) is 0 Å². The molecular formula is C24H18N2O4S6. The Hall–Kier alpha value is -2.74. The van der Waals surface area contributed by atoms with Crippen molar-refractivity contribution < 1.29 is 16.8 Å². The molecule has 0 aliphatic heterocycles. The summed E-state index contributed by atoms with van der Waals surface area (Å²) in [7, 11) is -6.85. The minimum Gasteiger partial charge on any atom is -0.248 e. The summed E-state index contributed by atoms with van der Waals surface area (Å²) in [6, 6.07) is 17.8. The topological polar surface area (TPSA) is 78.1 Å². The fourth-order valence-electron chi connectivity index (χ4n) is 3.20. The Labute approximate surface area is 225 Å². The fraction of sp³-hybridized carbons (Fsp3) is 0. The van der Waals surface area contributed by atoms with Gasteiger partial charge in [0.25, 0.3) is 20.0 Å². The molecule has 0 bridgehead atoms. The molecule has 0 amide bonds. The van der Waals surface area contributed by atoms with E-state index in [1.54, 1.807) is 83.9 Å². The molecule has 12 heteroatoms. The standard InChI is InChI=1S/2C12H9NO2S3/c2*14-18(15,13-6-1-2-7-13)12-4-3-11(17-12)10-5-8-16-9-10/h2*1-9H. The van der Waals surface area contributed by atoms with Crippen molar-refractivity contribution >= 4 is 65.4 Å². The second-order valence-electron chi connectivity index (χ2n) is 7.30. The summed E-state index contributed by atoms with van der Waals surface area (Å²) in [5.74, 6) is 0. The highest BCUT2D eigenvalue weighted by Gasteiger charge is 2.19. The van der Waals surface area contributed by atoms with E-state index in [4.69, 9.17) is 0 Å². The Balaban J connectivity index is 0.000000148. The van der Waals surface area contributed by atoms with Crippen molar-refractivity contribution in [1.29, 1.82) is 0 Å². The zero-order chi connectivity index (χ0) is 25.2. The van der Waals surface area contributed by atoms with Crippen molar-refractivity contribution in [2.24, 2.45) is 0 Å². The van der Waals surface area contributed by atoms with Crippen LogP contribution in [0, 0.1) is 0 Å². The Morgan fingerprint density at radius 3 is 1.25 bits per heavy atom. The summed E-state index contributed by atoms with van der Waals surface area (Å²) in [5.41, 5.74) is 2.14. The molecule has 0 saturated heterocycles. The quantitative estimate of drug-likeness (QED) is 0.209. The summed E-state index contributed by atoms with van der Waals surface area (Å²) in [5, 5.41) is 7.99. The lowest BCUT2D eigenvalue weighted by Crippen LogP contribution is -2.08. The van der Waals surface area contributed by atoms with Crippen LogP contribution in [0.15, 0.2) is 115 Å². The first-order valence-electron chi connectivity index (χ1n) is 10.4. The van der Waals surface area contributed by atoms with E-state index in [1.165, 1.54) is 30.6 Å². The predicted molar refractivity (Wildman–Crippen MR) is 149 cm³/mol. The monoisotopic (exact) mass is 590 g/mol. The molecule has 0 aliphatic rings. The van der Waals surface area contributed by atoms with E-state index in [9.17, 15) is 16.8 Å². The molecule has 0 unspecified atom stereocenters. The molecule has 0 aromatic carbocycles. The molecule has 36 heavy (non-hydrogen) atoms. The maximum Gasteiger partial charge on any atom is 0.277 e. The Kier molecular flexibility index (Phi) is 7.15. The molecule has 6 nitrogen and oxygen atoms in total. The van der Waals surface area contributed by atoms with Crippen LogP contribution < -0.4 is 0 Å². The fourth-order valence-corrected chi connectivity index (χ4v) is 9.85. The van der Waals surface area contributed by atoms with Gasteiger partial charge in [-0.2, -0.15) is 39.5 Å². The molecule has 6 heterocycles. The molecular weight excluding hydrogens is 573 g/mol. The molecule has 0 aliphatic carbocycles. The van der Waals surface area contributed by atoms with Crippen molar-refractivity contribution in [3.05, 3.63) is 107 Å². The molecule has 0 saturated carbocycles. The van der Waals surface area contributed by atoms with Gasteiger partial charge in [-0.15, -0.1) is 22.7 Å². The van der Waals surface area contributed by atoms with Crippen LogP contribution in [0.1, 0.15) is 0 Å². The molecule has 0 fully saturated rings. The molecule has 6 rings (SSSR count). The minimum atomic E-state index is -3.43. The van der Waals surface area contributed by atoms with E-state index >= 15 is 0 Å². The lowest BCUT2D eigenvalue weighted by molar-refractivity contribution is 0.588. The van der Waals surface area contributed by atoms with Crippen LogP contribution in [-0.2, 0) is 20.0 Å². The van der Waals surface area contributed by atoms with Crippen molar-refractivity contribution in [3.63, 3.8) is 0 Å². The van der Waals surface area contributed by atoms with E-state index in [-0.39, 0.29) is 0 Å². The highest BCUT2D eigenvalue weighted by molar-refractivity contribution is 7.92. The third-order valence-corrected chi connectivity index (χ3v) is 12.9. The number of hydrogen-bond acceptors (Lipinski definition) is 8. The summed E-state index contributed by atoms with van der Waals surface area (Å²) < 4.78 is 52.2. The zero-order valence-corrected chi connectivity index (χ0v) is 23.3. The minimum absolute atomic E-state index is 0.361. The SMILES string of the molecule is O=S(=O)(c1ccc(-c2ccsc2)s1)n1cccc1.O=S(=O)(c1ccc(-c2ccsc2)s1)n1cccc1. The smallest absolute Gasteiger partial charge is 0.248 e. The average molecular weight is 591 g/mol. The van der Waals surface area contributed by atoms with E-state index in [2.05, 4.69) is 0 Å². The average Bonchev–Trinajstić information content (AvgIpc) is 3.71. The van der Waals surface area contributed by atoms with Gasteiger partial charge in [-0.1, -0.05) is 0 Å².